The van der Waals surface area contributed by atoms with Crippen LogP contribution in [0.2, 0.25) is 5.02 Å². The molecule has 4 nitrogen and oxygen atoms in total. The lowest BCUT2D eigenvalue weighted by Crippen LogP contribution is -2.44. The molecule has 1 heterocycles. The van der Waals surface area contributed by atoms with Crippen LogP contribution in [0.4, 0.5) is 5.69 Å². The van der Waals surface area contributed by atoms with E-state index in [9.17, 15) is 0 Å². The van der Waals surface area contributed by atoms with Crippen LogP contribution in [0.25, 0.3) is 0 Å². The molecule has 0 saturated carbocycles. The highest BCUT2D eigenvalue weighted by Gasteiger charge is 2.23. The molecule has 0 bridgehead atoms. The molecule has 2 N–H and O–H groups in total. The molecular formula is C19H24ClIN4. The molecule has 134 valence electrons. The molecule has 6 heteroatoms. The predicted octanol–water partition coefficient (Wildman–Crippen LogP) is 3.90. The van der Waals surface area contributed by atoms with Crippen LogP contribution < -0.4 is 15.5 Å². The number of nitrogens with zero attached hydrogens (tertiary/aromatic N) is 2. The summed E-state index contributed by atoms with van der Waals surface area (Å²) in [5.41, 5.74) is 2.42. The minimum Gasteiger partial charge on any atom is -0.369 e. The summed E-state index contributed by atoms with van der Waals surface area (Å²) in [6, 6.07) is 18.8. The topological polar surface area (TPSA) is 39.7 Å². The van der Waals surface area contributed by atoms with E-state index in [2.05, 4.69) is 38.7 Å². The van der Waals surface area contributed by atoms with Crippen molar-refractivity contribution in [3.8, 4) is 0 Å². The fourth-order valence-electron chi connectivity index (χ4n) is 2.96. The van der Waals surface area contributed by atoms with Crippen LogP contribution in [0.1, 0.15) is 12.0 Å². The van der Waals surface area contributed by atoms with E-state index in [1.807, 2.05) is 43.4 Å². The maximum atomic E-state index is 6.09. The maximum Gasteiger partial charge on any atom is 0.191 e. The fourth-order valence-corrected chi connectivity index (χ4v) is 3.14. The Balaban J connectivity index is 0.00000225. The molecule has 2 aromatic rings. The van der Waals surface area contributed by atoms with Crippen molar-refractivity contribution in [1.82, 2.24) is 10.6 Å². The van der Waals surface area contributed by atoms with Crippen LogP contribution in [0.15, 0.2) is 59.6 Å². The van der Waals surface area contributed by atoms with Crippen molar-refractivity contribution in [2.24, 2.45) is 4.99 Å². The second-order valence-electron chi connectivity index (χ2n) is 5.97. The van der Waals surface area contributed by atoms with Crippen LogP contribution >= 0.6 is 35.6 Å². The van der Waals surface area contributed by atoms with Gasteiger partial charge < -0.3 is 15.5 Å². The number of anilines is 1. The SMILES string of the molecule is CN=C(NCc1ccccc1)NC1CCN(c2cccc(Cl)c2)C1.I. The van der Waals surface area contributed by atoms with E-state index >= 15 is 0 Å². The molecular weight excluding hydrogens is 447 g/mol. The highest BCUT2D eigenvalue weighted by molar-refractivity contribution is 14.0. The van der Waals surface area contributed by atoms with Crippen molar-refractivity contribution in [2.45, 2.75) is 19.0 Å². The molecule has 0 amide bonds. The first-order valence-electron chi connectivity index (χ1n) is 8.26. The van der Waals surface area contributed by atoms with Gasteiger partial charge in [-0.15, -0.1) is 24.0 Å². The van der Waals surface area contributed by atoms with Gasteiger partial charge in [-0.05, 0) is 30.2 Å². The van der Waals surface area contributed by atoms with E-state index in [0.29, 0.717) is 6.04 Å². The zero-order valence-electron chi connectivity index (χ0n) is 14.3. The largest absolute Gasteiger partial charge is 0.369 e. The Morgan fingerprint density at radius 1 is 1.20 bits per heavy atom. The average molecular weight is 471 g/mol. The Labute approximate surface area is 171 Å². The lowest BCUT2D eigenvalue weighted by atomic mass is 10.2. The highest BCUT2D eigenvalue weighted by Crippen LogP contribution is 2.23. The lowest BCUT2D eigenvalue weighted by molar-refractivity contribution is 0.648. The summed E-state index contributed by atoms with van der Waals surface area (Å²) in [6.07, 6.45) is 1.08. The Kier molecular flexibility index (Phi) is 7.84. The molecule has 1 unspecified atom stereocenters. The quantitative estimate of drug-likeness (QED) is 0.404. The number of hydrogen-bond donors (Lipinski definition) is 2. The maximum absolute atomic E-state index is 6.09. The van der Waals surface area contributed by atoms with E-state index in [1.54, 1.807) is 0 Å². The first-order chi connectivity index (χ1) is 11.7. The molecule has 1 atom stereocenters. The first kappa shape index (κ1) is 19.8. The third kappa shape index (κ3) is 5.78. The lowest BCUT2D eigenvalue weighted by Gasteiger charge is -2.20. The molecule has 0 radical (unpaired) electrons. The summed E-state index contributed by atoms with van der Waals surface area (Å²) < 4.78 is 0. The monoisotopic (exact) mass is 470 g/mol. The number of nitrogens with one attached hydrogen (secondary N) is 2. The number of guanidine groups is 1. The van der Waals surface area contributed by atoms with Crippen LogP contribution in [0, 0.1) is 0 Å². The Morgan fingerprint density at radius 2 is 2.00 bits per heavy atom. The predicted molar refractivity (Wildman–Crippen MR) is 117 cm³/mol. The summed E-state index contributed by atoms with van der Waals surface area (Å²) in [4.78, 5) is 6.69. The number of hydrogen-bond acceptors (Lipinski definition) is 2. The van der Waals surface area contributed by atoms with Crippen molar-refractivity contribution >= 4 is 47.2 Å². The van der Waals surface area contributed by atoms with Gasteiger partial charge in [0.15, 0.2) is 5.96 Å². The van der Waals surface area contributed by atoms with E-state index in [-0.39, 0.29) is 24.0 Å². The second-order valence-corrected chi connectivity index (χ2v) is 6.40. The van der Waals surface area contributed by atoms with Gasteiger partial charge in [0.2, 0.25) is 0 Å². The van der Waals surface area contributed by atoms with Gasteiger partial charge in [-0.1, -0.05) is 48.0 Å². The van der Waals surface area contributed by atoms with Crippen LogP contribution in [0.3, 0.4) is 0 Å². The standard InChI is InChI=1S/C19H23ClN4.HI/c1-21-19(22-13-15-6-3-2-4-7-15)23-17-10-11-24(14-17)18-9-5-8-16(20)12-18;/h2-9,12,17H,10-11,13-14H2,1H3,(H2,21,22,23);1H. The molecule has 2 aromatic carbocycles. The van der Waals surface area contributed by atoms with Crippen LogP contribution in [-0.2, 0) is 6.54 Å². The molecule has 0 spiro atoms. The summed E-state index contributed by atoms with van der Waals surface area (Å²) in [5, 5.41) is 7.67. The van der Waals surface area contributed by atoms with Crippen molar-refractivity contribution in [3.63, 3.8) is 0 Å². The molecule has 1 fully saturated rings. The van der Waals surface area contributed by atoms with Crippen molar-refractivity contribution in [3.05, 3.63) is 65.2 Å². The molecule has 0 aliphatic carbocycles. The van der Waals surface area contributed by atoms with Gasteiger partial charge in [0.25, 0.3) is 0 Å². The zero-order valence-corrected chi connectivity index (χ0v) is 17.4. The van der Waals surface area contributed by atoms with Gasteiger partial charge in [0.1, 0.15) is 0 Å². The number of aliphatic imine (C=N–C) groups is 1. The number of halogens is 2. The Hall–Kier alpha value is -1.47. The first-order valence-corrected chi connectivity index (χ1v) is 8.64. The molecule has 25 heavy (non-hydrogen) atoms. The molecule has 3 rings (SSSR count). The number of benzene rings is 2. The molecule has 0 aromatic heterocycles. The van der Waals surface area contributed by atoms with Gasteiger partial charge in [0, 0.05) is 43.4 Å². The van der Waals surface area contributed by atoms with E-state index in [4.69, 9.17) is 11.6 Å². The van der Waals surface area contributed by atoms with E-state index in [1.165, 1.54) is 11.3 Å². The smallest absolute Gasteiger partial charge is 0.191 e. The molecule has 1 saturated heterocycles. The fraction of sp³-hybridized carbons (Fsp3) is 0.316. The zero-order chi connectivity index (χ0) is 16.8. The van der Waals surface area contributed by atoms with Crippen molar-refractivity contribution < 1.29 is 0 Å². The van der Waals surface area contributed by atoms with Gasteiger partial charge in [-0.2, -0.15) is 0 Å². The summed E-state index contributed by atoms with van der Waals surface area (Å²) in [7, 11) is 1.81. The van der Waals surface area contributed by atoms with Gasteiger partial charge >= 0.3 is 0 Å². The average Bonchev–Trinajstić information content (AvgIpc) is 3.08. The van der Waals surface area contributed by atoms with Gasteiger partial charge in [-0.25, -0.2) is 0 Å². The van der Waals surface area contributed by atoms with Crippen molar-refractivity contribution in [1.29, 1.82) is 0 Å². The van der Waals surface area contributed by atoms with Gasteiger partial charge in [0.05, 0.1) is 0 Å². The normalized spacial score (nSPS) is 17.1. The van der Waals surface area contributed by atoms with Crippen LogP contribution in [0.5, 0.6) is 0 Å². The van der Waals surface area contributed by atoms with Crippen molar-refractivity contribution in [2.75, 3.05) is 25.0 Å². The van der Waals surface area contributed by atoms with E-state index in [0.717, 1.165) is 37.0 Å². The summed E-state index contributed by atoms with van der Waals surface area (Å²) >= 11 is 6.09. The Bertz CT molecular complexity index is 693. The highest BCUT2D eigenvalue weighted by atomic mass is 127. The van der Waals surface area contributed by atoms with E-state index < -0.39 is 0 Å². The summed E-state index contributed by atoms with van der Waals surface area (Å²) in [6.45, 7) is 2.74. The second kappa shape index (κ2) is 9.87. The van der Waals surface area contributed by atoms with Crippen LogP contribution in [-0.4, -0.2) is 32.1 Å². The number of rotatable bonds is 4. The summed E-state index contributed by atoms with van der Waals surface area (Å²) in [5.74, 6) is 0.844. The minimum atomic E-state index is 0. The third-order valence-corrected chi connectivity index (χ3v) is 4.46. The Morgan fingerprint density at radius 3 is 2.72 bits per heavy atom. The third-order valence-electron chi connectivity index (χ3n) is 4.23. The molecule has 1 aliphatic heterocycles. The minimum absolute atomic E-state index is 0. The molecule has 1 aliphatic rings. The van der Waals surface area contributed by atoms with Gasteiger partial charge in [-0.3, -0.25) is 4.99 Å².